The van der Waals surface area contributed by atoms with E-state index in [0.29, 0.717) is 23.1 Å². The first-order valence-electron chi connectivity index (χ1n) is 13.0. The van der Waals surface area contributed by atoms with Crippen molar-refractivity contribution in [2.45, 2.75) is 13.0 Å². The lowest BCUT2D eigenvalue weighted by Crippen LogP contribution is -2.46. The van der Waals surface area contributed by atoms with E-state index in [-0.39, 0.29) is 5.82 Å². The van der Waals surface area contributed by atoms with Gasteiger partial charge in [-0.25, -0.2) is 19.1 Å². The highest BCUT2D eigenvalue weighted by Crippen LogP contribution is 2.48. The van der Waals surface area contributed by atoms with Crippen LogP contribution < -0.4 is 15.0 Å². The summed E-state index contributed by atoms with van der Waals surface area (Å²) in [5.41, 5.74) is 5.45. The van der Waals surface area contributed by atoms with Crippen LogP contribution in [-0.4, -0.2) is 28.6 Å². The topological polar surface area (TPSA) is 67.0 Å². The number of methoxy groups -OCH3 is 1. The molecule has 0 saturated heterocycles. The normalized spacial score (nSPS) is 15.4. The average Bonchev–Trinajstić information content (AvgIpc) is 3.33. The number of aliphatic imine (C=N–C) groups is 2. The minimum Gasteiger partial charge on any atom is -0.497 e. The van der Waals surface area contributed by atoms with Crippen molar-refractivity contribution in [2.75, 3.05) is 17.3 Å². The quantitative estimate of drug-likeness (QED) is 0.270. The second-order valence-corrected chi connectivity index (χ2v) is 9.60. The molecule has 0 unspecified atom stereocenters. The molecule has 3 heterocycles. The number of ether oxygens (including phenoxy) is 1. The smallest absolute Gasteiger partial charge is 0.179 e. The van der Waals surface area contributed by atoms with E-state index in [1.807, 2.05) is 103 Å². The number of benzene rings is 4. The van der Waals surface area contributed by atoms with Gasteiger partial charge in [0.25, 0.3) is 0 Å². The van der Waals surface area contributed by atoms with Gasteiger partial charge in [-0.15, -0.1) is 0 Å². The van der Waals surface area contributed by atoms with Gasteiger partial charge in [0.15, 0.2) is 17.5 Å². The Morgan fingerprint density at radius 3 is 2.33 bits per heavy atom. The zero-order valence-electron chi connectivity index (χ0n) is 21.9. The fourth-order valence-corrected chi connectivity index (χ4v) is 5.35. The van der Waals surface area contributed by atoms with Crippen LogP contribution in [0.2, 0.25) is 0 Å². The molecular weight excluding hydrogens is 503 g/mol. The number of amidine groups is 2. The predicted octanol–water partition coefficient (Wildman–Crippen LogP) is 7.12. The Bertz CT molecular complexity index is 1790. The van der Waals surface area contributed by atoms with E-state index in [2.05, 4.69) is 10.2 Å². The van der Waals surface area contributed by atoms with E-state index in [1.54, 1.807) is 13.2 Å². The van der Waals surface area contributed by atoms with Gasteiger partial charge < -0.3 is 15.0 Å². The number of halogens is 1. The molecule has 0 fully saturated rings. The summed E-state index contributed by atoms with van der Waals surface area (Å²) in [6.07, 6.45) is 0. The molecule has 7 nitrogen and oxygen atoms in total. The van der Waals surface area contributed by atoms with Crippen LogP contribution in [-0.2, 0) is 0 Å². The van der Waals surface area contributed by atoms with Gasteiger partial charge in [0, 0.05) is 16.8 Å². The minimum absolute atomic E-state index is 0.295. The van der Waals surface area contributed by atoms with Crippen molar-refractivity contribution in [3.63, 3.8) is 0 Å². The minimum atomic E-state index is -0.523. The molecule has 0 amide bonds. The third-order valence-corrected chi connectivity index (χ3v) is 7.19. The van der Waals surface area contributed by atoms with Gasteiger partial charge in [0.1, 0.15) is 11.6 Å². The highest BCUT2D eigenvalue weighted by molar-refractivity contribution is 6.51. The number of rotatable bonds is 4. The molecule has 0 bridgehead atoms. The third-order valence-electron chi connectivity index (χ3n) is 7.19. The molecule has 40 heavy (non-hydrogen) atoms. The lowest BCUT2D eigenvalue weighted by atomic mass is 9.93. The molecule has 5 aromatic rings. The maximum absolute atomic E-state index is 15.6. The fraction of sp³-hybridized carbons (Fsp3) is 0.0938. The Kier molecular flexibility index (Phi) is 5.66. The zero-order valence-corrected chi connectivity index (χ0v) is 21.9. The number of hydrogen-bond acceptors (Lipinski definition) is 6. The SMILES string of the molecule is COc1ccc(NC2=Nc3ccccc3N3C2=Nc2c(c(C)nn2-c2ccccc2)[C@@H]3c2ccccc2F)cc1. The van der Waals surface area contributed by atoms with Crippen molar-refractivity contribution in [1.29, 1.82) is 0 Å². The highest BCUT2D eigenvalue weighted by atomic mass is 19.1. The Hall–Kier alpha value is -5.24. The van der Waals surface area contributed by atoms with Crippen LogP contribution in [0.15, 0.2) is 113 Å². The molecule has 1 atom stereocenters. The van der Waals surface area contributed by atoms with Crippen LogP contribution in [0, 0.1) is 12.7 Å². The van der Waals surface area contributed by atoms with Crippen molar-refractivity contribution in [3.8, 4) is 11.4 Å². The standard InChI is InChI=1S/C32H25FN6O/c1-20-28-29(24-12-6-7-13-25(24)33)38-27-15-9-8-14-26(27)35-30(34-21-16-18-23(40-2)19-17-21)32(38)36-31(28)39(37-20)22-10-4-3-5-11-22/h3-19,29H,1-2H3,(H,34,35)/t29-/m0/s1. The number of aryl methyl sites for hydroxylation is 1. The molecule has 0 spiro atoms. The van der Waals surface area contributed by atoms with Crippen LogP contribution in [0.25, 0.3) is 5.69 Å². The molecule has 7 rings (SSSR count). The van der Waals surface area contributed by atoms with Crippen LogP contribution in [0.1, 0.15) is 22.9 Å². The van der Waals surface area contributed by atoms with Crippen LogP contribution >= 0.6 is 0 Å². The van der Waals surface area contributed by atoms with E-state index in [4.69, 9.17) is 19.8 Å². The first kappa shape index (κ1) is 23.8. The maximum atomic E-state index is 15.6. The van der Waals surface area contributed by atoms with Gasteiger partial charge in [-0.1, -0.05) is 48.5 Å². The van der Waals surface area contributed by atoms with Gasteiger partial charge in [-0.05, 0) is 61.5 Å². The van der Waals surface area contributed by atoms with Crippen LogP contribution in [0.5, 0.6) is 5.75 Å². The molecular formula is C32H25FN6O. The molecule has 196 valence electrons. The number of anilines is 2. The molecule has 0 saturated carbocycles. The molecule has 0 radical (unpaired) electrons. The second kappa shape index (κ2) is 9.50. The highest BCUT2D eigenvalue weighted by Gasteiger charge is 2.42. The van der Waals surface area contributed by atoms with Crippen LogP contribution in [0.3, 0.4) is 0 Å². The van der Waals surface area contributed by atoms with Crippen LogP contribution in [0.4, 0.5) is 27.3 Å². The van der Waals surface area contributed by atoms with E-state index in [0.717, 1.165) is 39.8 Å². The maximum Gasteiger partial charge on any atom is 0.179 e. The lowest BCUT2D eigenvalue weighted by Gasteiger charge is -2.40. The summed E-state index contributed by atoms with van der Waals surface area (Å²) in [7, 11) is 1.64. The Labute approximate surface area is 230 Å². The van der Waals surface area contributed by atoms with Gasteiger partial charge in [-0.2, -0.15) is 5.10 Å². The summed E-state index contributed by atoms with van der Waals surface area (Å²) in [6.45, 7) is 1.95. The summed E-state index contributed by atoms with van der Waals surface area (Å²) >= 11 is 0. The fourth-order valence-electron chi connectivity index (χ4n) is 5.35. The summed E-state index contributed by atoms with van der Waals surface area (Å²) < 4.78 is 22.8. The number of hydrogen-bond donors (Lipinski definition) is 1. The predicted molar refractivity (Wildman–Crippen MR) is 156 cm³/mol. The van der Waals surface area contributed by atoms with Crippen molar-refractivity contribution in [3.05, 3.63) is 126 Å². The second-order valence-electron chi connectivity index (χ2n) is 9.60. The number of aromatic nitrogens is 2. The molecule has 1 aromatic heterocycles. The first-order chi connectivity index (χ1) is 19.6. The molecule has 8 heteroatoms. The van der Waals surface area contributed by atoms with Crippen molar-refractivity contribution in [2.24, 2.45) is 9.98 Å². The average molecular weight is 529 g/mol. The summed E-state index contributed by atoms with van der Waals surface area (Å²) in [5, 5.41) is 8.35. The summed E-state index contributed by atoms with van der Waals surface area (Å²) in [5.74, 6) is 2.23. The van der Waals surface area contributed by atoms with Gasteiger partial charge in [-0.3, -0.25) is 0 Å². The van der Waals surface area contributed by atoms with Gasteiger partial charge in [0.05, 0.1) is 35.9 Å². The van der Waals surface area contributed by atoms with Crippen molar-refractivity contribution in [1.82, 2.24) is 9.78 Å². The first-order valence-corrected chi connectivity index (χ1v) is 13.0. The van der Waals surface area contributed by atoms with Crippen molar-refractivity contribution < 1.29 is 9.13 Å². The monoisotopic (exact) mass is 528 g/mol. The van der Waals surface area contributed by atoms with Gasteiger partial charge in [0.2, 0.25) is 0 Å². The van der Waals surface area contributed by atoms with E-state index in [9.17, 15) is 0 Å². The van der Waals surface area contributed by atoms with E-state index >= 15 is 4.39 Å². The number of nitrogens with one attached hydrogen (secondary N) is 1. The summed E-state index contributed by atoms with van der Waals surface area (Å²) in [6, 6.07) is 31.7. The molecule has 2 aliphatic rings. The lowest BCUT2D eigenvalue weighted by molar-refractivity contribution is 0.415. The van der Waals surface area contributed by atoms with Gasteiger partial charge >= 0.3 is 0 Å². The largest absolute Gasteiger partial charge is 0.497 e. The Morgan fingerprint density at radius 1 is 0.825 bits per heavy atom. The van der Waals surface area contributed by atoms with E-state index < -0.39 is 6.04 Å². The van der Waals surface area contributed by atoms with E-state index in [1.165, 1.54) is 6.07 Å². The zero-order chi connectivity index (χ0) is 27.2. The Balaban J connectivity index is 1.49. The molecule has 0 aliphatic carbocycles. The molecule has 4 aromatic carbocycles. The molecule has 1 N–H and O–H groups in total. The number of para-hydroxylation sites is 3. The third kappa shape index (κ3) is 3.84. The summed E-state index contributed by atoms with van der Waals surface area (Å²) in [4.78, 5) is 12.2. The number of nitrogens with zero attached hydrogens (tertiary/aromatic N) is 5. The number of fused-ring (bicyclic) bond motifs is 4. The molecule has 2 aliphatic heterocycles. The Morgan fingerprint density at radius 2 is 1.55 bits per heavy atom. The van der Waals surface area contributed by atoms with Crippen molar-refractivity contribution >= 4 is 34.6 Å².